The summed E-state index contributed by atoms with van der Waals surface area (Å²) in [6, 6.07) is 22.3. The van der Waals surface area contributed by atoms with E-state index in [1.54, 1.807) is 43.3 Å². The van der Waals surface area contributed by atoms with Crippen LogP contribution in [0.3, 0.4) is 0 Å². The van der Waals surface area contributed by atoms with Crippen LogP contribution < -0.4 is 4.90 Å². The maximum atomic E-state index is 13.5. The number of H-pyrrole nitrogens is 1. The zero-order chi connectivity index (χ0) is 29.8. The maximum Gasteiger partial charge on any atom is 0.242 e. The van der Waals surface area contributed by atoms with Crippen molar-refractivity contribution >= 4 is 51.4 Å². The summed E-state index contributed by atoms with van der Waals surface area (Å²) < 4.78 is 0. The van der Waals surface area contributed by atoms with Crippen molar-refractivity contribution in [2.45, 2.75) is 0 Å². The molecular weight excluding hydrogens is 552 g/mol. The summed E-state index contributed by atoms with van der Waals surface area (Å²) in [5.74, 6) is -0.294. The Morgan fingerprint density at radius 2 is 1.64 bits per heavy atom. The van der Waals surface area contributed by atoms with Crippen LogP contribution in [0.4, 0.5) is 11.4 Å². The van der Waals surface area contributed by atoms with Gasteiger partial charge in [0.1, 0.15) is 6.54 Å². The number of nitrogens with one attached hydrogen (secondary N) is 1. The Labute approximate surface area is 250 Å². The lowest BCUT2D eigenvalue weighted by atomic mass is 10.0. The minimum atomic E-state index is -0.162. The monoisotopic (exact) mass is 586 g/mol. The lowest BCUT2D eigenvalue weighted by Crippen LogP contribution is -2.50. The fraction of sp³-hybridized carbons (Fsp3) is 0.281. The number of likely N-dealkylation sites (N-methyl/N-ethyl adjacent to an activating group) is 2. The number of aliphatic imine (C=N–C) groups is 1. The normalized spacial score (nSPS) is 14.7. The molecule has 0 unspecified atom stereocenters. The summed E-state index contributed by atoms with van der Waals surface area (Å²) in [6.07, 6.45) is 0. The second-order valence-corrected chi connectivity index (χ2v) is 11.2. The van der Waals surface area contributed by atoms with Crippen LogP contribution in [0, 0.1) is 0 Å². The molecule has 1 saturated heterocycles. The van der Waals surface area contributed by atoms with Gasteiger partial charge in [-0.05, 0) is 43.4 Å². The van der Waals surface area contributed by atoms with Gasteiger partial charge in [0.05, 0.1) is 29.0 Å². The highest BCUT2D eigenvalue weighted by Crippen LogP contribution is 2.33. The molecule has 2 heterocycles. The number of hydrogen-bond donors (Lipinski definition) is 2. The van der Waals surface area contributed by atoms with E-state index in [0.29, 0.717) is 33.2 Å². The van der Waals surface area contributed by atoms with Crippen LogP contribution in [0.15, 0.2) is 77.8 Å². The number of fused-ring (bicyclic) bond motifs is 1. The summed E-state index contributed by atoms with van der Waals surface area (Å²) in [5.41, 5.74) is 3.93. The fourth-order valence-electron chi connectivity index (χ4n) is 4.98. The SMILES string of the molecule is CN1CCN(CC(=O)N(CC(=O)N(C)C)c2ccc(N=C(c3ccccc3)c3c(O)[nH]c4cc(Cl)ccc34)cc2)CC1. The first-order chi connectivity index (χ1) is 20.2. The quantitative estimate of drug-likeness (QED) is 0.299. The Hall–Kier alpha value is -4.18. The second-order valence-electron chi connectivity index (χ2n) is 10.7. The molecule has 1 aliphatic heterocycles. The van der Waals surface area contributed by atoms with Crippen LogP contribution in [-0.4, -0.2) is 103 Å². The zero-order valence-electron chi connectivity index (χ0n) is 24.0. The first-order valence-electron chi connectivity index (χ1n) is 13.9. The van der Waals surface area contributed by atoms with Crippen molar-refractivity contribution in [3.05, 3.63) is 88.9 Å². The number of anilines is 1. The molecule has 0 radical (unpaired) electrons. The molecule has 0 atom stereocenters. The van der Waals surface area contributed by atoms with Crippen LogP contribution >= 0.6 is 11.6 Å². The van der Waals surface area contributed by atoms with Gasteiger partial charge < -0.3 is 24.8 Å². The number of hydrogen-bond acceptors (Lipinski definition) is 6. The minimum absolute atomic E-state index is 0.00522. The number of carbonyl (C=O) groups is 2. The number of carbonyl (C=O) groups excluding carboxylic acids is 2. The molecule has 0 saturated carbocycles. The molecule has 2 N–H and O–H groups in total. The Morgan fingerprint density at radius 1 is 0.952 bits per heavy atom. The predicted octanol–water partition coefficient (Wildman–Crippen LogP) is 4.36. The van der Waals surface area contributed by atoms with Crippen LogP contribution in [-0.2, 0) is 9.59 Å². The average molecular weight is 587 g/mol. The average Bonchev–Trinajstić information content (AvgIpc) is 3.30. The molecule has 2 amide bonds. The Balaban J connectivity index is 1.48. The first kappa shape index (κ1) is 29.3. The van der Waals surface area contributed by atoms with Crippen LogP contribution in [0.1, 0.15) is 11.1 Å². The van der Waals surface area contributed by atoms with Crippen molar-refractivity contribution in [3.63, 3.8) is 0 Å². The number of benzene rings is 3. The maximum absolute atomic E-state index is 13.5. The van der Waals surface area contributed by atoms with Gasteiger partial charge in [0.15, 0.2) is 5.88 Å². The molecule has 4 aromatic rings. The van der Waals surface area contributed by atoms with Crippen molar-refractivity contribution in [2.75, 3.05) is 65.3 Å². The smallest absolute Gasteiger partial charge is 0.242 e. The summed E-state index contributed by atoms with van der Waals surface area (Å²) in [6.45, 7) is 3.61. The van der Waals surface area contributed by atoms with Crippen molar-refractivity contribution in [1.29, 1.82) is 0 Å². The third-order valence-electron chi connectivity index (χ3n) is 7.48. The van der Waals surface area contributed by atoms with E-state index < -0.39 is 0 Å². The number of amides is 2. The van der Waals surface area contributed by atoms with Gasteiger partial charge >= 0.3 is 0 Å². The van der Waals surface area contributed by atoms with Crippen molar-refractivity contribution in [2.24, 2.45) is 4.99 Å². The number of piperazine rings is 1. The van der Waals surface area contributed by atoms with E-state index in [4.69, 9.17) is 16.6 Å². The molecule has 1 fully saturated rings. The number of aromatic nitrogens is 1. The summed E-state index contributed by atoms with van der Waals surface area (Å²) in [7, 11) is 5.44. The van der Waals surface area contributed by atoms with Gasteiger partial charge in [-0.1, -0.05) is 48.0 Å². The topological polar surface area (TPSA) is 95.5 Å². The summed E-state index contributed by atoms with van der Waals surface area (Å²) >= 11 is 6.19. The zero-order valence-corrected chi connectivity index (χ0v) is 24.8. The third-order valence-corrected chi connectivity index (χ3v) is 7.71. The van der Waals surface area contributed by atoms with Gasteiger partial charge in [0, 0.05) is 61.9 Å². The van der Waals surface area contributed by atoms with E-state index in [2.05, 4.69) is 21.8 Å². The van der Waals surface area contributed by atoms with Gasteiger partial charge in [-0.25, -0.2) is 4.99 Å². The number of aromatic amines is 1. The standard InChI is InChI=1S/C32H35ClN6O3/c1-36(2)28(40)21-39(29(41)20-38-17-15-37(3)16-18-38)25-12-10-24(11-13-25)34-31(22-7-5-4-6-8-22)30-26-14-9-23(33)19-27(26)35-32(30)42/h4-14,19,35,42H,15-18,20-21H2,1-3H3. The van der Waals surface area contributed by atoms with Crippen molar-refractivity contribution in [3.8, 4) is 5.88 Å². The molecule has 1 aromatic heterocycles. The molecule has 9 nitrogen and oxygen atoms in total. The summed E-state index contributed by atoms with van der Waals surface area (Å²) in [5, 5.41) is 12.3. The Morgan fingerprint density at radius 3 is 2.31 bits per heavy atom. The molecule has 1 aliphatic rings. The molecule has 0 spiro atoms. The second kappa shape index (κ2) is 12.8. The van der Waals surface area contributed by atoms with E-state index in [1.165, 1.54) is 4.90 Å². The molecule has 5 rings (SSSR count). The predicted molar refractivity (Wildman–Crippen MR) is 168 cm³/mol. The van der Waals surface area contributed by atoms with Gasteiger partial charge in [-0.3, -0.25) is 14.5 Å². The van der Waals surface area contributed by atoms with Crippen molar-refractivity contribution in [1.82, 2.24) is 19.7 Å². The Kier molecular flexibility index (Phi) is 8.91. The van der Waals surface area contributed by atoms with E-state index in [-0.39, 0.29) is 30.8 Å². The molecule has 10 heteroatoms. The van der Waals surface area contributed by atoms with E-state index >= 15 is 0 Å². The van der Waals surface area contributed by atoms with Crippen molar-refractivity contribution < 1.29 is 14.7 Å². The van der Waals surface area contributed by atoms with Crippen LogP contribution in [0.5, 0.6) is 5.88 Å². The lowest BCUT2D eigenvalue weighted by Gasteiger charge is -2.33. The minimum Gasteiger partial charge on any atom is -0.494 e. The molecule has 0 bridgehead atoms. The lowest BCUT2D eigenvalue weighted by molar-refractivity contribution is -0.129. The fourth-order valence-corrected chi connectivity index (χ4v) is 5.15. The molecule has 42 heavy (non-hydrogen) atoms. The van der Waals surface area contributed by atoms with E-state index in [9.17, 15) is 14.7 Å². The van der Waals surface area contributed by atoms with Gasteiger partial charge in [-0.15, -0.1) is 0 Å². The number of rotatable bonds is 8. The molecular formula is C32H35ClN6O3. The molecule has 218 valence electrons. The van der Waals surface area contributed by atoms with E-state index in [1.807, 2.05) is 48.5 Å². The molecule has 0 aliphatic carbocycles. The molecule has 3 aromatic carbocycles. The number of halogens is 1. The third kappa shape index (κ3) is 6.65. The largest absolute Gasteiger partial charge is 0.494 e. The number of aromatic hydroxyl groups is 1. The van der Waals surface area contributed by atoms with Crippen LogP contribution in [0.2, 0.25) is 5.02 Å². The first-order valence-corrected chi connectivity index (χ1v) is 14.2. The highest BCUT2D eigenvalue weighted by Gasteiger charge is 2.24. The van der Waals surface area contributed by atoms with Gasteiger partial charge in [-0.2, -0.15) is 0 Å². The highest BCUT2D eigenvalue weighted by molar-refractivity contribution is 6.31. The highest BCUT2D eigenvalue weighted by atomic mass is 35.5. The van der Waals surface area contributed by atoms with Gasteiger partial charge in [0.25, 0.3) is 0 Å². The Bertz CT molecular complexity index is 1590. The van der Waals surface area contributed by atoms with Gasteiger partial charge in [0.2, 0.25) is 11.8 Å². The number of nitrogens with zero attached hydrogens (tertiary/aromatic N) is 5. The van der Waals surface area contributed by atoms with Crippen LogP contribution in [0.25, 0.3) is 10.9 Å². The summed E-state index contributed by atoms with van der Waals surface area (Å²) in [4.78, 5) is 41.5. The van der Waals surface area contributed by atoms with E-state index in [0.717, 1.165) is 37.1 Å².